The molecule has 2 fully saturated rings. The highest BCUT2D eigenvalue weighted by Gasteiger charge is 2.61. The highest BCUT2D eigenvalue weighted by atomic mass is 32.2. The van der Waals surface area contributed by atoms with Crippen LogP contribution in [0.1, 0.15) is 159 Å². The third-order valence-corrected chi connectivity index (χ3v) is 17.2. The quantitative estimate of drug-likeness (QED) is 0.0575. The zero-order chi connectivity index (χ0) is 47.9. The Balaban J connectivity index is 1.09. The van der Waals surface area contributed by atoms with E-state index in [1.54, 1.807) is 19.2 Å². The largest absolute Gasteiger partial charge is 0.504 e. The smallest absolute Gasteiger partial charge is 0.331 e. The summed E-state index contributed by atoms with van der Waals surface area (Å²) >= 11 is 1.51. The van der Waals surface area contributed by atoms with E-state index in [1.165, 1.54) is 76.7 Å². The van der Waals surface area contributed by atoms with Gasteiger partial charge in [-0.1, -0.05) is 90.0 Å². The van der Waals surface area contributed by atoms with E-state index in [4.69, 9.17) is 28.4 Å². The molecule has 1 unspecified atom stereocenters. The van der Waals surface area contributed by atoms with Crippen LogP contribution in [0.3, 0.4) is 0 Å². The normalized spacial score (nSPS) is 25.8. The molecule has 7 aliphatic heterocycles. The maximum Gasteiger partial charge on any atom is 0.331 e. The number of carbonyl (C=O) groups excluding carboxylic acids is 2. The fraction of sp³-hybridized carbons (Fsp3) is 0.623. The van der Waals surface area contributed by atoms with Crippen molar-refractivity contribution >= 4 is 23.7 Å². The molecule has 2 saturated heterocycles. The Bertz CT molecular complexity index is 2380. The van der Waals surface area contributed by atoms with Crippen molar-refractivity contribution in [3.05, 3.63) is 62.7 Å². The molecular weight excluding hydrogens is 887 g/mol. The second-order valence-electron chi connectivity index (χ2n) is 19.8. The van der Waals surface area contributed by atoms with E-state index < -0.39 is 47.2 Å². The standard InChI is InChI=1S/C53H71N3O11S/c1-7-8-9-10-11-12-13-14-15-16-17-18-19-20-39(58)67-47-31(3)48-49(66-29-65-48)41-36-27-64-52(61)53(34-26-38(62-5)37(57)25-32(34)21-22-54-53)28-68-50(42(41)47)44-43-40-33(23-30(2)46(63-6)45(40)59)24-35(55(43)4)51(60)56(36)44/h23,25-26,35-36,43-44,50-51,54,57,59-60H,7-22,24,27-29H2,1-6H3/t35-,36-,43+,44?,50+,51-,53+/m0/s1. The first-order valence-electron chi connectivity index (χ1n) is 25.1. The summed E-state index contributed by atoms with van der Waals surface area (Å²) in [5.41, 5.74) is 4.52. The minimum atomic E-state index is -1.37. The van der Waals surface area contributed by atoms with Gasteiger partial charge in [-0.2, -0.15) is 0 Å². The molecule has 68 heavy (non-hydrogen) atoms. The van der Waals surface area contributed by atoms with Gasteiger partial charge in [0, 0.05) is 47.0 Å². The van der Waals surface area contributed by atoms with Crippen LogP contribution >= 0.6 is 11.8 Å². The first-order valence-corrected chi connectivity index (χ1v) is 26.2. The van der Waals surface area contributed by atoms with Crippen LogP contribution in [0.5, 0.6) is 40.2 Å². The lowest BCUT2D eigenvalue weighted by Crippen LogP contribution is -2.70. The molecule has 370 valence electrons. The minimum absolute atomic E-state index is 0.0140. The van der Waals surface area contributed by atoms with Crippen LogP contribution in [0.2, 0.25) is 0 Å². The summed E-state index contributed by atoms with van der Waals surface area (Å²) in [4.78, 5) is 33.4. The molecule has 7 heterocycles. The van der Waals surface area contributed by atoms with Crippen molar-refractivity contribution in [1.82, 2.24) is 15.1 Å². The molecule has 7 aliphatic rings. The fourth-order valence-corrected chi connectivity index (χ4v) is 14.0. The van der Waals surface area contributed by atoms with Gasteiger partial charge in [-0.05, 0) is 74.5 Å². The van der Waals surface area contributed by atoms with Gasteiger partial charge in [-0.15, -0.1) is 11.8 Å². The molecule has 0 aliphatic carbocycles. The molecule has 14 nitrogen and oxygen atoms in total. The number of phenols is 2. The number of aliphatic hydroxyl groups is 1. The van der Waals surface area contributed by atoms with Gasteiger partial charge < -0.3 is 43.7 Å². The van der Waals surface area contributed by atoms with E-state index in [0.29, 0.717) is 71.1 Å². The molecule has 4 bridgehead atoms. The number of aryl methyl sites for hydroxylation is 1. The molecule has 0 saturated carbocycles. The predicted molar refractivity (Wildman–Crippen MR) is 259 cm³/mol. The number of esters is 2. The zero-order valence-electron chi connectivity index (χ0n) is 40.7. The van der Waals surface area contributed by atoms with Gasteiger partial charge in [0.05, 0.1) is 37.6 Å². The van der Waals surface area contributed by atoms with Crippen molar-refractivity contribution < 1.29 is 53.3 Å². The van der Waals surface area contributed by atoms with Crippen molar-refractivity contribution in [2.75, 3.05) is 47.0 Å². The molecule has 0 amide bonds. The van der Waals surface area contributed by atoms with Gasteiger partial charge in [0.1, 0.15) is 18.6 Å². The van der Waals surface area contributed by atoms with Gasteiger partial charge in [-0.25, -0.2) is 4.79 Å². The van der Waals surface area contributed by atoms with Crippen LogP contribution in [0.25, 0.3) is 0 Å². The van der Waals surface area contributed by atoms with E-state index in [9.17, 15) is 24.9 Å². The van der Waals surface area contributed by atoms with E-state index in [-0.39, 0.29) is 48.8 Å². The molecule has 15 heteroatoms. The highest BCUT2D eigenvalue weighted by molar-refractivity contribution is 7.99. The molecule has 0 aromatic heterocycles. The van der Waals surface area contributed by atoms with Crippen LogP contribution < -0.4 is 29.0 Å². The lowest BCUT2D eigenvalue weighted by molar-refractivity contribution is -0.186. The summed E-state index contributed by atoms with van der Waals surface area (Å²) in [6, 6.07) is 3.19. The van der Waals surface area contributed by atoms with E-state index in [0.717, 1.165) is 41.5 Å². The van der Waals surface area contributed by atoms with E-state index in [2.05, 4.69) is 28.1 Å². The Labute approximate surface area is 405 Å². The van der Waals surface area contributed by atoms with Crippen LogP contribution in [0.4, 0.5) is 0 Å². The number of aliphatic hydroxyl groups excluding tert-OH is 1. The fourth-order valence-electron chi connectivity index (χ4n) is 12.3. The second-order valence-corrected chi connectivity index (χ2v) is 20.9. The number of benzene rings is 3. The predicted octanol–water partition coefficient (Wildman–Crippen LogP) is 8.87. The number of phenolic OH excluding ortho intramolecular Hbond substituents is 2. The number of nitrogens with zero attached hydrogens (tertiary/aromatic N) is 2. The summed E-state index contributed by atoms with van der Waals surface area (Å²) in [6.07, 6.45) is 15.8. The number of piperazine rings is 1. The number of aromatic hydroxyl groups is 2. The van der Waals surface area contributed by atoms with Crippen LogP contribution in [-0.4, -0.2) is 102 Å². The first kappa shape index (κ1) is 48.6. The summed E-state index contributed by atoms with van der Waals surface area (Å²) in [7, 11) is 5.03. The number of methoxy groups -OCH3 is 2. The van der Waals surface area contributed by atoms with E-state index in [1.807, 2.05) is 20.9 Å². The molecular formula is C53H71N3O11S. The Morgan fingerprint density at radius 1 is 0.868 bits per heavy atom. The van der Waals surface area contributed by atoms with Crippen LogP contribution in [0, 0.1) is 13.8 Å². The van der Waals surface area contributed by atoms with Gasteiger partial charge in [0.2, 0.25) is 6.79 Å². The molecule has 7 atom stereocenters. The summed E-state index contributed by atoms with van der Waals surface area (Å²) in [5, 5.41) is 38.9. The Morgan fingerprint density at radius 2 is 1.56 bits per heavy atom. The Hall–Kier alpha value is -4.41. The number of nitrogens with one attached hydrogen (secondary N) is 1. The SMILES string of the molecule is CCCCCCCCCCCCCCCC(=O)Oc1c(C)c2c(c3c1[C@H]1SC[C@]4(NCCc5cc(O)c(OC)cc54)C(=O)OC[C@@H]3N3C1[C@H]1c4c(cc(C)c(OC)c4O)C[C@@H]([C@@H]3O)N1C)OCO2. The maximum absolute atomic E-state index is 14.9. The first-order chi connectivity index (χ1) is 32.9. The lowest BCUT2D eigenvalue weighted by Gasteiger charge is -2.62. The number of likely N-dealkylation sites (N-methyl/N-ethyl adjacent to an activating group) is 1. The topological polar surface area (TPSA) is 169 Å². The van der Waals surface area contributed by atoms with Gasteiger partial charge in [0.15, 0.2) is 40.0 Å². The minimum Gasteiger partial charge on any atom is -0.504 e. The van der Waals surface area contributed by atoms with Crippen molar-refractivity contribution in [3.63, 3.8) is 0 Å². The van der Waals surface area contributed by atoms with Crippen LogP contribution in [0.15, 0.2) is 18.2 Å². The summed E-state index contributed by atoms with van der Waals surface area (Å²) < 4.78 is 37.1. The van der Waals surface area contributed by atoms with Crippen molar-refractivity contribution in [3.8, 4) is 40.2 Å². The van der Waals surface area contributed by atoms with Crippen molar-refractivity contribution in [2.24, 2.45) is 0 Å². The number of ether oxygens (including phenoxy) is 6. The number of fused-ring (bicyclic) bond motifs is 9. The van der Waals surface area contributed by atoms with E-state index >= 15 is 0 Å². The second kappa shape index (κ2) is 20.5. The molecule has 0 radical (unpaired) electrons. The number of rotatable bonds is 17. The third kappa shape index (κ3) is 8.55. The average Bonchev–Trinajstić information content (AvgIpc) is 3.82. The third-order valence-electron chi connectivity index (χ3n) is 15.7. The molecule has 1 spiro atoms. The molecule has 10 rings (SSSR count). The maximum atomic E-state index is 14.9. The summed E-state index contributed by atoms with van der Waals surface area (Å²) in [6.45, 7) is 6.26. The highest BCUT2D eigenvalue weighted by Crippen LogP contribution is 2.64. The lowest BCUT2D eigenvalue weighted by atomic mass is 9.73. The Morgan fingerprint density at radius 3 is 2.25 bits per heavy atom. The van der Waals surface area contributed by atoms with Gasteiger partial charge in [-0.3, -0.25) is 19.9 Å². The monoisotopic (exact) mass is 957 g/mol. The average molecular weight is 958 g/mol. The number of unbranched alkanes of at least 4 members (excludes halogenated alkanes) is 12. The van der Waals surface area contributed by atoms with Crippen molar-refractivity contribution in [2.45, 2.75) is 165 Å². The molecule has 4 N–H and O–H groups in total. The summed E-state index contributed by atoms with van der Waals surface area (Å²) in [5.74, 6) is 1.30. The number of carbonyl (C=O) groups is 2. The van der Waals surface area contributed by atoms with Gasteiger partial charge in [0.25, 0.3) is 0 Å². The number of thioether (sulfide) groups is 1. The Kier molecular flexibility index (Phi) is 14.7. The molecule has 3 aromatic carbocycles. The number of hydrogen-bond acceptors (Lipinski definition) is 15. The van der Waals surface area contributed by atoms with Gasteiger partial charge >= 0.3 is 11.9 Å². The van der Waals surface area contributed by atoms with Crippen molar-refractivity contribution in [1.29, 1.82) is 0 Å². The molecule has 3 aromatic rings. The zero-order valence-corrected chi connectivity index (χ0v) is 41.6. The number of hydrogen-bond donors (Lipinski definition) is 4. The van der Waals surface area contributed by atoms with Crippen LogP contribution in [-0.2, 0) is 32.7 Å².